The van der Waals surface area contributed by atoms with Gasteiger partial charge in [0.1, 0.15) is 16.3 Å². The summed E-state index contributed by atoms with van der Waals surface area (Å²) in [6, 6.07) is 12.1. The summed E-state index contributed by atoms with van der Waals surface area (Å²) in [6.07, 6.45) is 0. The van der Waals surface area contributed by atoms with Crippen molar-refractivity contribution in [3.05, 3.63) is 58.0 Å². The van der Waals surface area contributed by atoms with E-state index in [-0.39, 0.29) is 11.3 Å². The summed E-state index contributed by atoms with van der Waals surface area (Å²) < 4.78 is 5.01. The molecule has 26 heavy (non-hydrogen) atoms. The fourth-order valence-electron chi connectivity index (χ4n) is 2.49. The zero-order chi connectivity index (χ0) is 18.7. The van der Waals surface area contributed by atoms with Gasteiger partial charge in [-0.3, -0.25) is 4.79 Å². The summed E-state index contributed by atoms with van der Waals surface area (Å²) >= 11 is 1.21. The summed E-state index contributed by atoms with van der Waals surface area (Å²) in [5.41, 5.74) is 0.686. The number of ketones is 1. The molecular formula is C19H14N2O4S. The molecule has 7 heteroatoms. The van der Waals surface area contributed by atoms with Crippen LogP contribution in [-0.2, 0) is 9.53 Å². The molecule has 3 rings (SSSR count). The predicted molar refractivity (Wildman–Crippen MR) is 96.1 cm³/mol. The number of phenolic OH excluding ortho intramolecular Hbond substituents is 1. The van der Waals surface area contributed by atoms with Crippen LogP contribution in [0.1, 0.15) is 27.0 Å². The smallest absolute Gasteiger partial charge is 0.342 e. The molecule has 0 spiro atoms. The molecule has 2 aromatic carbocycles. The van der Waals surface area contributed by atoms with Crippen LogP contribution in [0.3, 0.4) is 0 Å². The number of aryl methyl sites for hydroxylation is 1. The van der Waals surface area contributed by atoms with Gasteiger partial charge in [-0.2, -0.15) is 5.26 Å². The van der Waals surface area contributed by atoms with Crippen molar-refractivity contribution >= 4 is 33.9 Å². The van der Waals surface area contributed by atoms with Crippen molar-refractivity contribution in [1.82, 2.24) is 4.98 Å². The van der Waals surface area contributed by atoms with Crippen LogP contribution in [-0.4, -0.2) is 28.4 Å². The first-order chi connectivity index (χ1) is 12.5. The summed E-state index contributed by atoms with van der Waals surface area (Å²) in [5.74, 6) is -2.66. The Morgan fingerprint density at radius 1 is 1.31 bits per heavy atom. The molecule has 1 atom stereocenters. The number of benzene rings is 2. The Morgan fingerprint density at radius 3 is 2.77 bits per heavy atom. The molecular weight excluding hydrogens is 352 g/mol. The Morgan fingerprint density at radius 2 is 2.08 bits per heavy atom. The van der Waals surface area contributed by atoms with Crippen LogP contribution in [0.4, 0.5) is 0 Å². The molecule has 6 nitrogen and oxygen atoms in total. The van der Waals surface area contributed by atoms with Gasteiger partial charge in [0, 0.05) is 16.5 Å². The third kappa shape index (κ3) is 3.41. The number of hydrogen-bond acceptors (Lipinski definition) is 7. The fraction of sp³-hybridized carbons (Fsp3) is 0.158. The Hall–Kier alpha value is -3.24. The SMILES string of the molecule is Cc1csc([C@H](C#N)C(=O)COC(=O)c2ccc3ccccc3c2O)n1. The Balaban J connectivity index is 1.73. The van der Waals surface area contributed by atoms with E-state index >= 15 is 0 Å². The highest BCUT2D eigenvalue weighted by molar-refractivity contribution is 7.09. The molecule has 0 amide bonds. The van der Waals surface area contributed by atoms with E-state index in [1.807, 2.05) is 12.1 Å². The zero-order valence-corrected chi connectivity index (χ0v) is 14.6. The second-order valence-corrected chi connectivity index (χ2v) is 6.50. The molecule has 0 aliphatic rings. The monoisotopic (exact) mass is 366 g/mol. The first-order valence-corrected chi connectivity index (χ1v) is 8.61. The van der Waals surface area contributed by atoms with Gasteiger partial charge in [0.2, 0.25) is 0 Å². The van der Waals surface area contributed by atoms with Gasteiger partial charge in [-0.25, -0.2) is 9.78 Å². The summed E-state index contributed by atoms with van der Waals surface area (Å²) in [7, 11) is 0. The maximum Gasteiger partial charge on any atom is 0.342 e. The average molecular weight is 366 g/mol. The molecule has 0 saturated carbocycles. The molecule has 0 radical (unpaired) electrons. The van der Waals surface area contributed by atoms with Gasteiger partial charge in [-0.15, -0.1) is 11.3 Å². The Kier molecular flexibility index (Phi) is 4.96. The molecule has 0 aliphatic heterocycles. The van der Waals surface area contributed by atoms with Gasteiger partial charge < -0.3 is 9.84 Å². The van der Waals surface area contributed by atoms with Crippen LogP contribution >= 0.6 is 11.3 Å². The van der Waals surface area contributed by atoms with E-state index in [2.05, 4.69) is 4.98 Å². The minimum Gasteiger partial charge on any atom is -0.506 e. The fourth-order valence-corrected chi connectivity index (χ4v) is 3.35. The highest BCUT2D eigenvalue weighted by Crippen LogP contribution is 2.29. The molecule has 0 unspecified atom stereocenters. The van der Waals surface area contributed by atoms with Crippen LogP contribution in [0, 0.1) is 18.3 Å². The second-order valence-electron chi connectivity index (χ2n) is 5.61. The minimum absolute atomic E-state index is 0.0323. The summed E-state index contributed by atoms with van der Waals surface area (Å²) in [6.45, 7) is 1.20. The Bertz CT molecular complexity index is 1040. The number of thiazole rings is 1. The van der Waals surface area contributed by atoms with Gasteiger partial charge in [-0.05, 0) is 18.4 Å². The molecule has 130 valence electrons. The summed E-state index contributed by atoms with van der Waals surface area (Å²) in [5, 5.41) is 22.9. The van der Waals surface area contributed by atoms with Gasteiger partial charge in [-0.1, -0.05) is 30.3 Å². The molecule has 1 N–H and O–H groups in total. The lowest BCUT2D eigenvalue weighted by molar-refractivity contribution is -0.122. The highest BCUT2D eigenvalue weighted by Gasteiger charge is 2.25. The molecule has 0 bridgehead atoms. The first kappa shape index (κ1) is 17.6. The Labute approximate surface area is 153 Å². The van der Waals surface area contributed by atoms with E-state index in [4.69, 9.17) is 4.74 Å². The molecule has 1 aromatic heterocycles. The molecule has 0 aliphatic carbocycles. The van der Waals surface area contributed by atoms with E-state index in [1.54, 1.807) is 36.6 Å². The van der Waals surface area contributed by atoms with Crippen molar-refractivity contribution in [3.63, 3.8) is 0 Å². The van der Waals surface area contributed by atoms with E-state index in [1.165, 1.54) is 17.4 Å². The van der Waals surface area contributed by atoms with E-state index in [0.29, 0.717) is 10.4 Å². The van der Waals surface area contributed by atoms with Gasteiger partial charge in [0.25, 0.3) is 0 Å². The quantitative estimate of drug-likeness (QED) is 0.695. The number of rotatable bonds is 5. The summed E-state index contributed by atoms with van der Waals surface area (Å²) in [4.78, 5) is 28.6. The van der Waals surface area contributed by atoms with E-state index in [0.717, 1.165) is 11.1 Å². The van der Waals surface area contributed by atoms with Crippen molar-refractivity contribution in [2.24, 2.45) is 0 Å². The standard InChI is InChI=1S/C19H14N2O4S/c1-11-10-26-18(21-11)15(8-20)16(22)9-25-19(24)14-7-6-12-4-2-3-5-13(12)17(14)23/h2-7,10,15,23H,9H2,1H3/t15-/m1/s1. The van der Waals surface area contributed by atoms with Gasteiger partial charge in [0.05, 0.1) is 6.07 Å². The number of ether oxygens (including phenoxy) is 1. The normalized spacial score (nSPS) is 11.7. The van der Waals surface area contributed by atoms with Gasteiger partial charge >= 0.3 is 5.97 Å². The number of carbonyl (C=O) groups is 2. The highest BCUT2D eigenvalue weighted by atomic mass is 32.1. The average Bonchev–Trinajstić information content (AvgIpc) is 3.07. The van der Waals surface area contributed by atoms with Crippen LogP contribution in [0.25, 0.3) is 10.8 Å². The maximum atomic E-state index is 12.2. The van der Waals surface area contributed by atoms with Crippen molar-refractivity contribution in [1.29, 1.82) is 5.26 Å². The van der Waals surface area contributed by atoms with E-state index in [9.17, 15) is 20.0 Å². The maximum absolute atomic E-state index is 12.2. The number of esters is 1. The minimum atomic E-state index is -1.08. The van der Waals surface area contributed by atoms with Gasteiger partial charge in [0.15, 0.2) is 18.3 Å². The molecule has 1 heterocycles. The largest absolute Gasteiger partial charge is 0.506 e. The predicted octanol–water partition coefficient (Wildman–Crippen LogP) is 3.34. The lowest BCUT2D eigenvalue weighted by Crippen LogP contribution is -2.20. The molecule has 3 aromatic rings. The number of hydrogen-bond donors (Lipinski definition) is 1. The third-order valence-corrected chi connectivity index (χ3v) is 4.83. The third-order valence-electron chi connectivity index (χ3n) is 3.80. The van der Waals surface area contributed by atoms with Crippen LogP contribution in [0.5, 0.6) is 5.75 Å². The van der Waals surface area contributed by atoms with Crippen molar-refractivity contribution in [3.8, 4) is 11.8 Å². The number of phenols is 1. The first-order valence-electron chi connectivity index (χ1n) is 7.73. The van der Waals surface area contributed by atoms with Crippen molar-refractivity contribution in [2.45, 2.75) is 12.8 Å². The lowest BCUT2D eigenvalue weighted by atomic mass is 10.1. The number of fused-ring (bicyclic) bond motifs is 1. The zero-order valence-electron chi connectivity index (χ0n) is 13.8. The number of aromatic hydroxyl groups is 1. The van der Waals surface area contributed by atoms with Crippen LogP contribution < -0.4 is 0 Å². The van der Waals surface area contributed by atoms with Crippen LogP contribution in [0.2, 0.25) is 0 Å². The van der Waals surface area contributed by atoms with E-state index < -0.39 is 24.3 Å². The number of nitrogens with zero attached hydrogens (tertiary/aromatic N) is 2. The number of carbonyl (C=O) groups excluding carboxylic acids is 2. The number of nitriles is 1. The lowest BCUT2D eigenvalue weighted by Gasteiger charge is -2.09. The molecule has 0 saturated heterocycles. The van der Waals surface area contributed by atoms with Crippen molar-refractivity contribution in [2.75, 3.05) is 6.61 Å². The van der Waals surface area contributed by atoms with Crippen LogP contribution in [0.15, 0.2) is 41.8 Å². The number of Topliss-reactive ketones (excluding diaryl/α,β-unsaturated/α-hetero) is 1. The second kappa shape index (κ2) is 7.33. The topological polar surface area (TPSA) is 100 Å². The number of aromatic nitrogens is 1. The molecule has 0 fully saturated rings. The van der Waals surface area contributed by atoms with Crippen molar-refractivity contribution < 1.29 is 19.4 Å².